The van der Waals surface area contributed by atoms with Crippen LogP contribution in [0.2, 0.25) is 0 Å². The number of nitrogens with zero attached hydrogens (tertiary/aromatic N) is 1. The van der Waals surface area contributed by atoms with Gasteiger partial charge in [0.05, 0.1) is 0 Å². The fraction of sp³-hybridized carbons (Fsp3) is 0.500. The molecule has 0 aliphatic carbocycles. The number of anilines is 1. The second kappa shape index (κ2) is 7.11. The summed E-state index contributed by atoms with van der Waals surface area (Å²) in [6, 6.07) is 7.67. The number of carbonyl (C=O) groups is 2. The molecule has 0 spiro atoms. The Morgan fingerprint density at radius 1 is 1.38 bits per heavy atom. The summed E-state index contributed by atoms with van der Waals surface area (Å²) in [6.07, 6.45) is 3.17. The Balaban J connectivity index is 1.91. The third kappa shape index (κ3) is 4.21. The van der Waals surface area contributed by atoms with Gasteiger partial charge in [0.1, 0.15) is 0 Å². The van der Waals surface area contributed by atoms with Crippen LogP contribution in [0.15, 0.2) is 24.3 Å². The van der Waals surface area contributed by atoms with Gasteiger partial charge in [-0.1, -0.05) is 31.5 Å². The van der Waals surface area contributed by atoms with Gasteiger partial charge in [-0.2, -0.15) is 0 Å². The van der Waals surface area contributed by atoms with Gasteiger partial charge >= 0.3 is 6.03 Å². The molecule has 1 heterocycles. The van der Waals surface area contributed by atoms with Crippen LogP contribution < -0.4 is 10.6 Å². The van der Waals surface area contributed by atoms with Crippen LogP contribution >= 0.6 is 0 Å². The van der Waals surface area contributed by atoms with Crippen LogP contribution in [0.4, 0.5) is 10.5 Å². The molecule has 1 aliphatic rings. The first-order chi connectivity index (χ1) is 10.1. The van der Waals surface area contributed by atoms with E-state index in [-0.39, 0.29) is 18.0 Å². The van der Waals surface area contributed by atoms with Crippen molar-refractivity contribution in [1.29, 1.82) is 0 Å². The van der Waals surface area contributed by atoms with Gasteiger partial charge in [0.25, 0.3) is 0 Å². The second-order valence-corrected chi connectivity index (χ2v) is 5.52. The number of rotatable bonds is 4. The van der Waals surface area contributed by atoms with Crippen molar-refractivity contribution in [2.24, 2.45) is 0 Å². The molecule has 1 aromatic rings. The van der Waals surface area contributed by atoms with Gasteiger partial charge in [0.15, 0.2) is 0 Å². The van der Waals surface area contributed by atoms with Crippen LogP contribution in [-0.2, 0) is 11.2 Å². The Bertz CT molecular complexity index is 516. The molecule has 2 rings (SSSR count). The number of likely N-dealkylation sites (N-methyl/N-ethyl adjacent to an activating group) is 1. The molecule has 5 nitrogen and oxygen atoms in total. The molecule has 0 aromatic heterocycles. The van der Waals surface area contributed by atoms with Gasteiger partial charge in [0, 0.05) is 31.7 Å². The summed E-state index contributed by atoms with van der Waals surface area (Å²) in [4.78, 5) is 25.2. The van der Waals surface area contributed by atoms with Gasteiger partial charge in [0.2, 0.25) is 5.91 Å². The van der Waals surface area contributed by atoms with Crippen molar-refractivity contribution in [3.63, 3.8) is 0 Å². The number of benzene rings is 1. The Morgan fingerprint density at radius 2 is 2.14 bits per heavy atom. The summed E-state index contributed by atoms with van der Waals surface area (Å²) in [5, 5.41) is 5.86. The Labute approximate surface area is 125 Å². The first-order valence-corrected chi connectivity index (χ1v) is 7.49. The highest BCUT2D eigenvalue weighted by molar-refractivity contribution is 5.90. The van der Waals surface area contributed by atoms with E-state index in [1.54, 1.807) is 11.9 Å². The van der Waals surface area contributed by atoms with Gasteiger partial charge in [-0.25, -0.2) is 4.79 Å². The van der Waals surface area contributed by atoms with Gasteiger partial charge in [-0.05, 0) is 24.5 Å². The molecule has 2 N–H and O–H groups in total. The van der Waals surface area contributed by atoms with E-state index in [4.69, 9.17) is 0 Å². The molecule has 1 fully saturated rings. The van der Waals surface area contributed by atoms with E-state index < -0.39 is 0 Å². The molecule has 0 saturated carbocycles. The van der Waals surface area contributed by atoms with Crippen molar-refractivity contribution in [3.8, 4) is 0 Å². The minimum absolute atomic E-state index is 0.0195. The van der Waals surface area contributed by atoms with Crippen molar-refractivity contribution in [2.75, 3.05) is 18.9 Å². The predicted octanol–water partition coefficient (Wildman–Crippen LogP) is 2.38. The van der Waals surface area contributed by atoms with Crippen LogP contribution in [0.5, 0.6) is 0 Å². The van der Waals surface area contributed by atoms with Crippen molar-refractivity contribution in [1.82, 2.24) is 10.2 Å². The van der Waals surface area contributed by atoms with E-state index >= 15 is 0 Å². The summed E-state index contributed by atoms with van der Waals surface area (Å²) < 4.78 is 0. The lowest BCUT2D eigenvalue weighted by molar-refractivity contribution is -0.132. The normalized spacial score (nSPS) is 18.5. The predicted molar refractivity (Wildman–Crippen MR) is 83.3 cm³/mol. The van der Waals surface area contributed by atoms with E-state index in [0.717, 1.165) is 24.1 Å². The molecule has 1 atom stereocenters. The third-order valence-electron chi connectivity index (χ3n) is 3.75. The minimum Gasteiger partial charge on any atom is -0.344 e. The molecule has 21 heavy (non-hydrogen) atoms. The summed E-state index contributed by atoms with van der Waals surface area (Å²) in [6.45, 7) is 2.69. The first-order valence-electron chi connectivity index (χ1n) is 7.49. The lowest BCUT2D eigenvalue weighted by atomic mass is 10.1. The molecule has 3 amide bonds. The highest BCUT2D eigenvalue weighted by atomic mass is 16.2. The van der Waals surface area contributed by atoms with E-state index in [9.17, 15) is 9.59 Å². The fourth-order valence-electron chi connectivity index (χ4n) is 2.60. The summed E-state index contributed by atoms with van der Waals surface area (Å²) in [5.41, 5.74) is 2.00. The molecule has 1 saturated heterocycles. The quantitative estimate of drug-likeness (QED) is 0.894. The van der Waals surface area contributed by atoms with Crippen molar-refractivity contribution in [2.45, 2.75) is 38.6 Å². The SMILES string of the molecule is CCCc1ccccc1NC(=O)NC1CCC(=O)N(C)C1. The zero-order valence-electron chi connectivity index (χ0n) is 12.7. The molecule has 1 unspecified atom stereocenters. The highest BCUT2D eigenvalue weighted by Gasteiger charge is 2.24. The molecular formula is C16H23N3O2. The average Bonchev–Trinajstić information content (AvgIpc) is 2.45. The van der Waals surface area contributed by atoms with Crippen LogP contribution in [0.1, 0.15) is 31.7 Å². The molecule has 5 heteroatoms. The van der Waals surface area contributed by atoms with E-state index in [2.05, 4.69) is 17.6 Å². The number of urea groups is 1. The average molecular weight is 289 g/mol. The van der Waals surface area contributed by atoms with Crippen LogP contribution in [0, 0.1) is 0 Å². The van der Waals surface area contributed by atoms with Crippen molar-refractivity contribution < 1.29 is 9.59 Å². The summed E-state index contributed by atoms with van der Waals surface area (Å²) >= 11 is 0. The lowest BCUT2D eigenvalue weighted by Gasteiger charge is -2.30. The maximum absolute atomic E-state index is 12.1. The monoisotopic (exact) mass is 289 g/mol. The van der Waals surface area contributed by atoms with Crippen molar-refractivity contribution >= 4 is 17.6 Å². The largest absolute Gasteiger partial charge is 0.344 e. The fourth-order valence-corrected chi connectivity index (χ4v) is 2.60. The standard InChI is InChI=1S/C16H23N3O2/c1-3-6-12-7-4-5-8-14(12)18-16(21)17-13-9-10-15(20)19(2)11-13/h4-5,7-8,13H,3,6,9-11H2,1-2H3,(H2,17,18,21). The van der Waals surface area contributed by atoms with Crippen molar-refractivity contribution in [3.05, 3.63) is 29.8 Å². The molecule has 1 aliphatic heterocycles. The number of piperidine rings is 1. The summed E-state index contributed by atoms with van der Waals surface area (Å²) in [5.74, 6) is 0.141. The lowest BCUT2D eigenvalue weighted by Crippen LogP contribution is -2.49. The number of carbonyl (C=O) groups excluding carboxylic acids is 2. The number of amides is 3. The van der Waals surface area contributed by atoms with Gasteiger partial charge in [-0.15, -0.1) is 0 Å². The molecule has 0 radical (unpaired) electrons. The number of hydrogen-bond acceptors (Lipinski definition) is 2. The number of aryl methyl sites for hydroxylation is 1. The number of likely N-dealkylation sites (tertiary alicyclic amines) is 1. The number of nitrogens with one attached hydrogen (secondary N) is 2. The first kappa shape index (κ1) is 15.4. The molecule has 0 bridgehead atoms. The Hall–Kier alpha value is -2.04. The second-order valence-electron chi connectivity index (χ2n) is 5.52. The van der Waals surface area contributed by atoms with E-state index in [1.807, 2.05) is 24.3 Å². The molecule has 1 aromatic carbocycles. The molecule has 114 valence electrons. The maximum Gasteiger partial charge on any atom is 0.319 e. The Kier molecular flexibility index (Phi) is 5.20. The number of hydrogen-bond donors (Lipinski definition) is 2. The molecular weight excluding hydrogens is 266 g/mol. The van der Waals surface area contributed by atoms with Crippen LogP contribution in [0.3, 0.4) is 0 Å². The Morgan fingerprint density at radius 3 is 2.86 bits per heavy atom. The third-order valence-corrected chi connectivity index (χ3v) is 3.75. The topological polar surface area (TPSA) is 61.4 Å². The minimum atomic E-state index is -0.202. The highest BCUT2D eigenvalue weighted by Crippen LogP contribution is 2.17. The van der Waals surface area contributed by atoms with Gasteiger partial charge in [-0.3, -0.25) is 4.79 Å². The van der Waals surface area contributed by atoms with E-state index in [0.29, 0.717) is 19.4 Å². The smallest absolute Gasteiger partial charge is 0.319 e. The van der Waals surface area contributed by atoms with Crippen LogP contribution in [-0.4, -0.2) is 36.5 Å². The zero-order valence-corrected chi connectivity index (χ0v) is 12.7. The van der Waals surface area contributed by atoms with Crippen LogP contribution in [0.25, 0.3) is 0 Å². The maximum atomic E-state index is 12.1. The zero-order chi connectivity index (χ0) is 15.2. The number of para-hydroxylation sites is 1. The van der Waals surface area contributed by atoms with Gasteiger partial charge < -0.3 is 15.5 Å². The summed E-state index contributed by atoms with van der Waals surface area (Å²) in [7, 11) is 1.77. The van der Waals surface area contributed by atoms with E-state index in [1.165, 1.54) is 0 Å².